The number of carbonyl (C=O) groups excluding carboxylic acids is 1. The van der Waals surface area contributed by atoms with Gasteiger partial charge in [-0.1, -0.05) is 42.5 Å². The van der Waals surface area contributed by atoms with Gasteiger partial charge in [-0.2, -0.15) is 0 Å². The van der Waals surface area contributed by atoms with Gasteiger partial charge in [0, 0.05) is 11.4 Å². The highest BCUT2D eigenvalue weighted by atomic mass is 32.2. The Morgan fingerprint density at radius 3 is 2.03 bits per heavy atom. The van der Waals surface area contributed by atoms with Crippen molar-refractivity contribution in [2.75, 3.05) is 17.1 Å². The van der Waals surface area contributed by atoms with Gasteiger partial charge < -0.3 is 10.1 Å². The number of para-hydroxylation sites is 1. The molecule has 0 fully saturated rings. The molecule has 0 aliphatic carbocycles. The van der Waals surface area contributed by atoms with Gasteiger partial charge in [0.15, 0.2) is 0 Å². The smallest absolute Gasteiger partial charge is 0.261 e. The van der Waals surface area contributed by atoms with E-state index in [0.717, 1.165) is 10.8 Å². The number of carbonyl (C=O) groups is 1. The summed E-state index contributed by atoms with van der Waals surface area (Å²) in [5.74, 6) is 0.114. The predicted molar refractivity (Wildman–Crippen MR) is 122 cm³/mol. The molecule has 6 nitrogen and oxygen atoms in total. The fourth-order valence-corrected chi connectivity index (χ4v) is 4.26. The Hall–Kier alpha value is -3.84. The van der Waals surface area contributed by atoms with Crippen LogP contribution in [0.2, 0.25) is 0 Å². The molecule has 4 rings (SSSR count). The van der Waals surface area contributed by atoms with Gasteiger partial charge in [-0.15, -0.1) is 0 Å². The first kappa shape index (κ1) is 20.4. The average Bonchev–Trinajstić information content (AvgIpc) is 2.79. The van der Waals surface area contributed by atoms with Crippen molar-refractivity contribution in [1.29, 1.82) is 0 Å². The lowest BCUT2D eigenvalue weighted by Crippen LogP contribution is -2.14. The number of sulfonamides is 1. The van der Waals surface area contributed by atoms with Crippen LogP contribution in [-0.2, 0) is 10.0 Å². The van der Waals surface area contributed by atoms with Crippen molar-refractivity contribution in [3.05, 3.63) is 96.6 Å². The zero-order chi connectivity index (χ0) is 21.8. The van der Waals surface area contributed by atoms with Gasteiger partial charge >= 0.3 is 0 Å². The molecule has 0 bridgehead atoms. The number of ether oxygens (including phenoxy) is 1. The highest BCUT2D eigenvalue weighted by Gasteiger charge is 2.16. The van der Waals surface area contributed by atoms with Gasteiger partial charge in [0.25, 0.3) is 15.9 Å². The Morgan fingerprint density at radius 2 is 1.39 bits per heavy atom. The second-order valence-corrected chi connectivity index (χ2v) is 8.53. The molecule has 4 aromatic carbocycles. The number of hydrogen-bond acceptors (Lipinski definition) is 4. The summed E-state index contributed by atoms with van der Waals surface area (Å²) in [6.45, 7) is 0. The van der Waals surface area contributed by atoms with Crippen molar-refractivity contribution in [3.63, 3.8) is 0 Å². The molecular formula is C24H20N2O4S. The minimum atomic E-state index is -3.73. The first-order chi connectivity index (χ1) is 15.0. The van der Waals surface area contributed by atoms with Crippen LogP contribution >= 0.6 is 0 Å². The molecule has 0 radical (unpaired) electrons. The van der Waals surface area contributed by atoms with E-state index in [0.29, 0.717) is 22.7 Å². The van der Waals surface area contributed by atoms with E-state index < -0.39 is 10.0 Å². The minimum Gasteiger partial charge on any atom is -0.496 e. The number of rotatable bonds is 6. The second kappa shape index (κ2) is 8.49. The summed E-state index contributed by atoms with van der Waals surface area (Å²) >= 11 is 0. The highest BCUT2D eigenvalue weighted by molar-refractivity contribution is 7.92. The summed E-state index contributed by atoms with van der Waals surface area (Å²) in [5.41, 5.74) is 1.34. The summed E-state index contributed by atoms with van der Waals surface area (Å²) in [5, 5.41) is 4.68. The Kier molecular flexibility index (Phi) is 5.60. The Labute approximate surface area is 180 Å². The van der Waals surface area contributed by atoms with Crippen molar-refractivity contribution in [2.24, 2.45) is 0 Å². The van der Waals surface area contributed by atoms with Gasteiger partial charge in [0.2, 0.25) is 0 Å². The van der Waals surface area contributed by atoms with Crippen LogP contribution in [0.5, 0.6) is 5.75 Å². The first-order valence-corrected chi connectivity index (χ1v) is 11.0. The minimum absolute atomic E-state index is 0.0950. The molecule has 0 heterocycles. The van der Waals surface area contributed by atoms with Crippen molar-refractivity contribution in [1.82, 2.24) is 0 Å². The van der Waals surface area contributed by atoms with Gasteiger partial charge in [0.1, 0.15) is 5.75 Å². The number of amides is 1. The average molecular weight is 433 g/mol. The third-order valence-corrected chi connectivity index (χ3v) is 6.16. The molecular weight excluding hydrogens is 412 g/mol. The number of methoxy groups -OCH3 is 1. The van der Waals surface area contributed by atoms with E-state index >= 15 is 0 Å². The van der Waals surface area contributed by atoms with Crippen LogP contribution in [0.1, 0.15) is 10.4 Å². The van der Waals surface area contributed by atoms with Crippen LogP contribution in [0.25, 0.3) is 10.8 Å². The Balaban J connectivity index is 1.54. The maximum Gasteiger partial charge on any atom is 0.261 e. The highest BCUT2D eigenvalue weighted by Crippen LogP contribution is 2.27. The third-order valence-electron chi connectivity index (χ3n) is 4.76. The number of benzene rings is 4. The molecule has 0 aromatic heterocycles. The zero-order valence-electron chi connectivity index (χ0n) is 16.7. The quantitative estimate of drug-likeness (QED) is 0.454. The van der Waals surface area contributed by atoms with Crippen LogP contribution in [0.3, 0.4) is 0 Å². The van der Waals surface area contributed by atoms with Gasteiger partial charge in [-0.3, -0.25) is 9.52 Å². The van der Waals surface area contributed by atoms with Crippen molar-refractivity contribution >= 4 is 38.1 Å². The molecule has 0 unspecified atom stereocenters. The summed E-state index contributed by atoms with van der Waals surface area (Å²) in [6, 6.07) is 25.9. The normalized spacial score (nSPS) is 11.1. The standard InChI is InChI=1S/C24H20N2O4S/c1-30-23-16-18-8-6-5-7-17(18)15-22(23)24(27)25-19-11-13-21(14-12-19)31(28,29)26-20-9-3-2-4-10-20/h2-16,26H,1H3,(H,25,27). The molecule has 2 N–H and O–H groups in total. The summed E-state index contributed by atoms with van der Waals surface area (Å²) in [6.07, 6.45) is 0. The lowest BCUT2D eigenvalue weighted by atomic mass is 10.1. The van der Waals surface area contributed by atoms with Crippen LogP contribution in [-0.4, -0.2) is 21.4 Å². The third kappa shape index (κ3) is 4.51. The largest absolute Gasteiger partial charge is 0.496 e. The van der Waals surface area contributed by atoms with Crippen molar-refractivity contribution in [3.8, 4) is 5.75 Å². The zero-order valence-corrected chi connectivity index (χ0v) is 17.5. The van der Waals surface area contributed by atoms with Crippen molar-refractivity contribution in [2.45, 2.75) is 4.90 Å². The van der Waals surface area contributed by atoms with E-state index in [-0.39, 0.29) is 10.8 Å². The number of hydrogen-bond donors (Lipinski definition) is 2. The molecule has 1 amide bonds. The van der Waals surface area contributed by atoms with E-state index in [1.54, 1.807) is 48.5 Å². The molecule has 0 aliphatic heterocycles. The molecule has 0 spiro atoms. The van der Waals surface area contributed by atoms with E-state index in [1.807, 2.05) is 30.3 Å². The van der Waals surface area contributed by atoms with E-state index in [4.69, 9.17) is 4.74 Å². The summed E-state index contributed by atoms with van der Waals surface area (Å²) < 4.78 is 33.0. The lowest BCUT2D eigenvalue weighted by Gasteiger charge is -2.12. The Bertz CT molecular complexity index is 1340. The topological polar surface area (TPSA) is 84.5 Å². The second-order valence-electron chi connectivity index (χ2n) is 6.85. The molecule has 7 heteroatoms. The molecule has 31 heavy (non-hydrogen) atoms. The monoisotopic (exact) mass is 432 g/mol. The van der Waals surface area contributed by atoms with E-state index in [2.05, 4.69) is 10.0 Å². The molecule has 4 aromatic rings. The molecule has 0 saturated heterocycles. The van der Waals surface area contributed by atoms with E-state index in [1.165, 1.54) is 19.2 Å². The van der Waals surface area contributed by atoms with E-state index in [9.17, 15) is 13.2 Å². The van der Waals surface area contributed by atoms with Crippen LogP contribution in [0, 0.1) is 0 Å². The fraction of sp³-hybridized carbons (Fsp3) is 0.0417. The molecule has 156 valence electrons. The van der Waals surface area contributed by atoms with Gasteiger partial charge in [-0.25, -0.2) is 8.42 Å². The predicted octanol–water partition coefficient (Wildman–Crippen LogP) is 4.90. The maximum atomic E-state index is 12.8. The fourth-order valence-electron chi connectivity index (χ4n) is 3.20. The van der Waals surface area contributed by atoms with Crippen LogP contribution in [0.4, 0.5) is 11.4 Å². The number of anilines is 2. The molecule has 0 saturated carbocycles. The number of nitrogens with one attached hydrogen (secondary N) is 2. The lowest BCUT2D eigenvalue weighted by molar-refractivity contribution is 0.102. The maximum absolute atomic E-state index is 12.8. The van der Waals surface area contributed by atoms with Crippen LogP contribution < -0.4 is 14.8 Å². The molecule has 0 atom stereocenters. The van der Waals surface area contributed by atoms with Gasteiger partial charge in [-0.05, 0) is 59.3 Å². The van der Waals surface area contributed by atoms with Gasteiger partial charge in [0.05, 0.1) is 17.6 Å². The summed E-state index contributed by atoms with van der Waals surface area (Å²) in [4.78, 5) is 12.9. The first-order valence-electron chi connectivity index (χ1n) is 9.52. The van der Waals surface area contributed by atoms with Crippen molar-refractivity contribution < 1.29 is 17.9 Å². The summed E-state index contributed by atoms with van der Waals surface area (Å²) in [7, 11) is -2.21. The number of fused-ring (bicyclic) bond motifs is 1. The SMILES string of the molecule is COc1cc2ccccc2cc1C(=O)Nc1ccc(S(=O)(=O)Nc2ccccc2)cc1. The van der Waals surface area contributed by atoms with Crippen LogP contribution in [0.15, 0.2) is 95.9 Å². The Morgan fingerprint density at radius 1 is 0.774 bits per heavy atom. The molecule has 0 aliphatic rings.